The van der Waals surface area contributed by atoms with Crippen LogP contribution in [0.4, 0.5) is 0 Å². The van der Waals surface area contributed by atoms with Gasteiger partial charge < -0.3 is 0 Å². The summed E-state index contributed by atoms with van der Waals surface area (Å²) >= 11 is 0. The number of amides is 1. The number of rotatable bonds is 7. The lowest BCUT2D eigenvalue weighted by atomic mass is 9.88. The van der Waals surface area contributed by atoms with Gasteiger partial charge in [0.1, 0.15) is 0 Å². The van der Waals surface area contributed by atoms with Crippen LogP contribution in [0.1, 0.15) is 61.9 Å². The van der Waals surface area contributed by atoms with Crippen LogP contribution in [0.15, 0.2) is 35.9 Å². The third-order valence-electron chi connectivity index (χ3n) is 3.20. The molecule has 0 aliphatic rings. The van der Waals surface area contributed by atoms with Crippen molar-refractivity contribution < 1.29 is 9.63 Å². The first-order valence-electron chi connectivity index (χ1n) is 7.17. The van der Waals surface area contributed by atoms with Crippen LogP contribution < -0.4 is 5.48 Å². The maximum atomic E-state index is 12.1. The fourth-order valence-corrected chi connectivity index (χ4v) is 2.33. The molecule has 110 valence electrons. The quantitative estimate of drug-likeness (QED) is 0.597. The van der Waals surface area contributed by atoms with Crippen molar-refractivity contribution >= 4 is 5.91 Å². The SMILES string of the molecule is CCCCC(C=C(C)C)c1ccccc1C(=O)NOC. The fraction of sp³-hybridized carbons (Fsp3) is 0.471. The Labute approximate surface area is 122 Å². The number of hydroxylamine groups is 1. The van der Waals surface area contributed by atoms with Gasteiger partial charge in [0.2, 0.25) is 0 Å². The summed E-state index contributed by atoms with van der Waals surface area (Å²) in [5, 5.41) is 0. The second-order valence-electron chi connectivity index (χ2n) is 5.22. The summed E-state index contributed by atoms with van der Waals surface area (Å²) in [7, 11) is 1.45. The molecular weight excluding hydrogens is 250 g/mol. The highest BCUT2D eigenvalue weighted by Gasteiger charge is 2.17. The molecule has 1 atom stereocenters. The molecule has 1 unspecified atom stereocenters. The van der Waals surface area contributed by atoms with Crippen molar-refractivity contribution in [2.24, 2.45) is 0 Å². The van der Waals surface area contributed by atoms with E-state index in [9.17, 15) is 4.79 Å². The molecular formula is C17H25NO2. The number of hydrogen-bond donors (Lipinski definition) is 1. The molecule has 1 aromatic carbocycles. The van der Waals surface area contributed by atoms with E-state index < -0.39 is 0 Å². The Morgan fingerprint density at radius 3 is 2.65 bits per heavy atom. The van der Waals surface area contributed by atoms with Crippen LogP contribution in [-0.4, -0.2) is 13.0 Å². The molecule has 0 aliphatic heterocycles. The minimum Gasteiger partial charge on any atom is -0.277 e. The second kappa shape index (κ2) is 8.54. The van der Waals surface area contributed by atoms with E-state index in [2.05, 4.69) is 32.3 Å². The summed E-state index contributed by atoms with van der Waals surface area (Å²) in [6, 6.07) is 7.75. The van der Waals surface area contributed by atoms with E-state index in [1.165, 1.54) is 12.7 Å². The highest BCUT2D eigenvalue weighted by atomic mass is 16.6. The molecule has 20 heavy (non-hydrogen) atoms. The van der Waals surface area contributed by atoms with Gasteiger partial charge in [-0.3, -0.25) is 9.63 Å². The zero-order valence-corrected chi connectivity index (χ0v) is 12.9. The average Bonchev–Trinajstić information content (AvgIpc) is 2.43. The van der Waals surface area contributed by atoms with Gasteiger partial charge in [0, 0.05) is 11.5 Å². The average molecular weight is 275 g/mol. The number of nitrogens with one attached hydrogen (secondary N) is 1. The number of benzene rings is 1. The van der Waals surface area contributed by atoms with Gasteiger partial charge in [0.15, 0.2) is 0 Å². The molecule has 0 saturated carbocycles. The van der Waals surface area contributed by atoms with Crippen LogP contribution in [0.3, 0.4) is 0 Å². The van der Waals surface area contributed by atoms with Crippen molar-refractivity contribution in [3.8, 4) is 0 Å². The van der Waals surface area contributed by atoms with Crippen molar-refractivity contribution in [3.05, 3.63) is 47.0 Å². The third-order valence-corrected chi connectivity index (χ3v) is 3.20. The van der Waals surface area contributed by atoms with Crippen LogP contribution in [-0.2, 0) is 4.84 Å². The number of hydrogen-bond acceptors (Lipinski definition) is 2. The van der Waals surface area contributed by atoms with Crippen LogP contribution in [0, 0.1) is 0 Å². The molecule has 0 saturated heterocycles. The summed E-state index contributed by atoms with van der Waals surface area (Å²) in [4.78, 5) is 16.8. The number of allylic oxidation sites excluding steroid dienone is 2. The number of unbranched alkanes of at least 4 members (excludes halogenated alkanes) is 1. The Kier molecular flexibility index (Phi) is 7.02. The maximum Gasteiger partial charge on any atom is 0.275 e. The second-order valence-corrected chi connectivity index (χ2v) is 5.22. The van der Waals surface area contributed by atoms with Crippen LogP contribution in [0.25, 0.3) is 0 Å². The molecule has 0 bridgehead atoms. The van der Waals surface area contributed by atoms with Crippen LogP contribution in [0.2, 0.25) is 0 Å². The lowest BCUT2D eigenvalue weighted by Gasteiger charge is -2.17. The first kappa shape index (κ1) is 16.4. The van der Waals surface area contributed by atoms with Crippen LogP contribution in [0.5, 0.6) is 0 Å². The highest BCUT2D eigenvalue weighted by molar-refractivity contribution is 5.95. The fourth-order valence-electron chi connectivity index (χ4n) is 2.33. The van der Waals surface area contributed by atoms with E-state index in [1.807, 2.05) is 24.3 Å². The van der Waals surface area contributed by atoms with E-state index in [0.717, 1.165) is 24.8 Å². The van der Waals surface area contributed by atoms with Gasteiger partial charge in [-0.25, -0.2) is 5.48 Å². The number of carbonyl (C=O) groups excluding carboxylic acids is 1. The monoisotopic (exact) mass is 275 g/mol. The molecule has 0 aromatic heterocycles. The molecule has 1 amide bonds. The molecule has 1 aromatic rings. The standard InChI is InChI=1S/C17H25NO2/c1-5-6-9-14(12-13(2)3)15-10-7-8-11-16(15)17(19)18-20-4/h7-8,10-12,14H,5-6,9H2,1-4H3,(H,18,19). The lowest BCUT2D eigenvalue weighted by Crippen LogP contribution is -2.23. The smallest absolute Gasteiger partial charge is 0.275 e. The summed E-state index contributed by atoms with van der Waals surface area (Å²) < 4.78 is 0. The predicted molar refractivity (Wildman–Crippen MR) is 82.6 cm³/mol. The molecule has 3 nitrogen and oxygen atoms in total. The van der Waals surface area contributed by atoms with Gasteiger partial charge in [0.25, 0.3) is 5.91 Å². The Balaban J connectivity index is 3.12. The molecule has 0 fully saturated rings. The van der Waals surface area contributed by atoms with Crippen molar-refractivity contribution in [2.45, 2.75) is 46.0 Å². The molecule has 1 N–H and O–H groups in total. The van der Waals surface area contributed by atoms with Gasteiger partial charge >= 0.3 is 0 Å². The normalized spacial score (nSPS) is 11.8. The zero-order chi connectivity index (χ0) is 15.0. The largest absolute Gasteiger partial charge is 0.277 e. The van der Waals surface area contributed by atoms with E-state index >= 15 is 0 Å². The third kappa shape index (κ3) is 4.82. The van der Waals surface area contributed by atoms with Gasteiger partial charge in [-0.05, 0) is 31.9 Å². The molecule has 0 radical (unpaired) electrons. The highest BCUT2D eigenvalue weighted by Crippen LogP contribution is 2.28. The van der Waals surface area contributed by atoms with Crippen molar-refractivity contribution in [3.63, 3.8) is 0 Å². The molecule has 0 heterocycles. The molecule has 3 heteroatoms. The van der Waals surface area contributed by atoms with Gasteiger partial charge in [-0.15, -0.1) is 0 Å². The molecule has 1 rings (SSSR count). The van der Waals surface area contributed by atoms with Gasteiger partial charge in [-0.1, -0.05) is 49.6 Å². The van der Waals surface area contributed by atoms with Crippen molar-refractivity contribution in [1.82, 2.24) is 5.48 Å². The summed E-state index contributed by atoms with van der Waals surface area (Å²) in [6.45, 7) is 6.37. The Bertz CT molecular complexity index is 462. The zero-order valence-electron chi connectivity index (χ0n) is 12.9. The number of carbonyl (C=O) groups is 1. The minimum atomic E-state index is -0.188. The molecule has 0 spiro atoms. The summed E-state index contributed by atoms with van der Waals surface area (Å²) in [6.07, 6.45) is 5.60. The predicted octanol–water partition coefficient (Wildman–Crippen LogP) is 4.22. The lowest BCUT2D eigenvalue weighted by molar-refractivity contribution is 0.0536. The van der Waals surface area contributed by atoms with E-state index in [-0.39, 0.29) is 11.8 Å². The minimum absolute atomic E-state index is 0.188. The van der Waals surface area contributed by atoms with E-state index in [4.69, 9.17) is 4.84 Å². The first-order chi connectivity index (χ1) is 9.60. The van der Waals surface area contributed by atoms with Gasteiger partial charge in [0.05, 0.1) is 7.11 Å². The van der Waals surface area contributed by atoms with Gasteiger partial charge in [-0.2, -0.15) is 0 Å². The van der Waals surface area contributed by atoms with E-state index in [0.29, 0.717) is 5.56 Å². The first-order valence-corrected chi connectivity index (χ1v) is 7.17. The topological polar surface area (TPSA) is 38.3 Å². The maximum absolute atomic E-state index is 12.1. The Morgan fingerprint density at radius 1 is 1.35 bits per heavy atom. The Morgan fingerprint density at radius 2 is 2.05 bits per heavy atom. The van der Waals surface area contributed by atoms with Crippen LogP contribution >= 0.6 is 0 Å². The van der Waals surface area contributed by atoms with Crippen molar-refractivity contribution in [1.29, 1.82) is 0 Å². The van der Waals surface area contributed by atoms with Crippen molar-refractivity contribution in [2.75, 3.05) is 7.11 Å². The summed E-state index contributed by atoms with van der Waals surface area (Å²) in [5.74, 6) is 0.0884. The Hall–Kier alpha value is -1.61. The summed E-state index contributed by atoms with van der Waals surface area (Å²) in [5.41, 5.74) is 5.43. The molecule has 0 aliphatic carbocycles. The van der Waals surface area contributed by atoms with E-state index in [1.54, 1.807) is 0 Å².